The number of carbonyl (C=O) groups excluding carboxylic acids is 3. The molecule has 0 bridgehead atoms. The number of rotatable bonds is 18. The summed E-state index contributed by atoms with van der Waals surface area (Å²) in [5.41, 5.74) is 4.46. The number of halogens is 2. The lowest BCUT2D eigenvalue weighted by Gasteiger charge is -2.24. The second-order valence-electron chi connectivity index (χ2n) is 15.1. The number of hydrogen-bond acceptors (Lipinski definition) is 7. The zero-order valence-corrected chi connectivity index (χ0v) is 33.8. The Morgan fingerprint density at radius 1 is 0.667 bits per heavy atom. The van der Waals surface area contributed by atoms with E-state index in [1.165, 1.54) is 6.08 Å². The highest BCUT2D eigenvalue weighted by atomic mass is 19.3. The van der Waals surface area contributed by atoms with E-state index < -0.39 is 48.5 Å². The molecule has 60 heavy (non-hydrogen) atoms. The van der Waals surface area contributed by atoms with Gasteiger partial charge in [0.2, 0.25) is 0 Å². The molecule has 0 N–H and O–H groups in total. The zero-order chi connectivity index (χ0) is 42.3. The Morgan fingerprint density at radius 2 is 1.17 bits per heavy atom. The predicted molar refractivity (Wildman–Crippen MR) is 229 cm³/mol. The number of allylic oxidation sites excluding steroid dienone is 2. The van der Waals surface area contributed by atoms with Gasteiger partial charge < -0.3 is 18.9 Å². The quantitative estimate of drug-likeness (QED) is 0.0377. The molecule has 0 saturated heterocycles. The summed E-state index contributed by atoms with van der Waals surface area (Å²) >= 11 is 0. The number of carbonyl (C=O) groups is 3. The molecular formula is C51H50F2O7. The van der Waals surface area contributed by atoms with E-state index >= 15 is 8.78 Å². The number of benzene rings is 5. The highest BCUT2D eigenvalue weighted by molar-refractivity contribution is 5.91. The van der Waals surface area contributed by atoms with Crippen molar-refractivity contribution in [1.82, 2.24) is 0 Å². The fourth-order valence-electron chi connectivity index (χ4n) is 7.25. The zero-order valence-electron chi connectivity index (χ0n) is 33.8. The van der Waals surface area contributed by atoms with E-state index in [0.717, 1.165) is 28.3 Å². The molecule has 0 spiro atoms. The molecule has 9 heteroatoms. The second-order valence-corrected chi connectivity index (χ2v) is 15.1. The maximum atomic E-state index is 15.5. The monoisotopic (exact) mass is 812 g/mol. The minimum atomic E-state index is -3.38. The molecule has 1 aliphatic carbocycles. The van der Waals surface area contributed by atoms with Crippen LogP contribution in [-0.2, 0) is 19.0 Å². The van der Waals surface area contributed by atoms with Crippen molar-refractivity contribution in [3.63, 3.8) is 0 Å². The van der Waals surface area contributed by atoms with Crippen molar-refractivity contribution < 1.29 is 42.1 Å². The third kappa shape index (κ3) is 12.6. The van der Waals surface area contributed by atoms with E-state index in [0.29, 0.717) is 36.1 Å². The third-order valence-corrected chi connectivity index (χ3v) is 10.3. The van der Waals surface area contributed by atoms with Gasteiger partial charge in [-0.15, -0.1) is 0 Å². The first kappa shape index (κ1) is 43.2. The molecule has 5 aromatic rings. The number of unbranched alkanes of at least 4 members (excludes halogenated alkanes) is 1. The smallest absolute Gasteiger partial charge is 0.338 e. The van der Waals surface area contributed by atoms with Crippen LogP contribution in [0.25, 0.3) is 22.3 Å². The van der Waals surface area contributed by atoms with Gasteiger partial charge in [-0.3, -0.25) is 4.79 Å². The van der Waals surface area contributed by atoms with Crippen molar-refractivity contribution >= 4 is 17.9 Å². The van der Waals surface area contributed by atoms with Crippen LogP contribution >= 0.6 is 0 Å². The lowest BCUT2D eigenvalue weighted by Crippen LogP contribution is -2.28. The summed E-state index contributed by atoms with van der Waals surface area (Å²) in [6.45, 7) is 2.69. The van der Waals surface area contributed by atoms with Gasteiger partial charge in [-0.25, -0.2) is 9.59 Å². The molecule has 5 aromatic carbocycles. The van der Waals surface area contributed by atoms with Crippen LogP contribution in [0.2, 0.25) is 0 Å². The molecule has 0 heterocycles. The molecule has 0 aromatic heterocycles. The van der Waals surface area contributed by atoms with Crippen molar-refractivity contribution in [3.8, 4) is 28.0 Å². The van der Waals surface area contributed by atoms with Gasteiger partial charge in [-0.1, -0.05) is 121 Å². The highest BCUT2D eigenvalue weighted by Crippen LogP contribution is 2.41. The van der Waals surface area contributed by atoms with E-state index in [2.05, 4.69) is 0 Å². The number of hydrogen-bond donors (Lipinski definition) is 0. The first-order chi connectivity index (χ1) is 29.0. The van der Waals surface area contributed by atoms with Gasteiger partial charge in [0.05, 0.1) is 17.2 Å². The largest absolute Gasteiger partial charge is 0.487 e. The Hall–Kier alpha value is -6.35. The number of para-hydroxylation sites is 1. The van der Waals surface area contributed by atoms with Crippen molar-refractivity contribution in [2.75, 3.05) is 6.61 Å². The first-order valence-electron chi connectivity index (χ1n) is 20.4. The average molecular weight is 813 g/mol. The van der Waals surface area contributed by atoms with E-state index in [1.54, 1.807) is 68.4 Å². The van der Waals surface area contributed by atoms with Gasteiger partial charge in [0.1, 0.15) is 18.0 Å². The van der Waals surface area contributed by atoms with Gasteiger partial charge in [0, 0.05) is 24.7 Å². The summed E-state index contributed by atoms with van der Waals surface area (Å²) in [5, 5.41) is 0. The van der Waals surface area contributed by atoms with Crippen molar-refractivity contribution in [3.05, 3.63) is 175 Å². The number of esters is 3. The van der Waals surface area contributed by atoms with Crippen LogP contribution in [-0.4, -0.2) is 48.7 Å². The van der Waals surface area contributed by atoms with Gasteiger partial charge in [-0.2, -0.15) is 8.78 Å². The molecule has 310 valence electrons. The van der Waals surface area contributed by atoms with E-state index in [-0.39, 0.29) is 24.9 Å². The lowest BCUT2D eigenvalue weighted by atomic mass is 9.89. The van der Waals surface area contributed by atoms with Crippen LogP contribution < -0.4 is 4.74 Å². The Morgan fingerprint density at radius 3 is 1.70 bits per heavy atom. The molecule has 0 radical (unpaired) electrons. The maximum absolute atomic E-state index is 15.5. The molecule has 0 unspecified atom stereocenters. The molecule has 7 nitrogen and oxygen atoms in total. The van der Waals surface area contributed by atoms with Crippen molar-refractivity contribution in [2.45, 2.75) is 70.2 Å². The van der Waals surface area contributed by atoms with E-state index in [4.69, 9.17) is 18.9 Å². The Balaban J connectivity index is 1.24. The number of alkyl halides is 2. The maximum Gasteiger partial charge on any atom is 0.338 e. The third-order valence-electron chi connectivity index (χ3n) is 10.3. The average Bonchev–Trinajstić information content (AvgIpc) is 3.58. The minimum absolute atomic E-state index is 0.0856. The van der Waals surface area contributed by atoms with Crippen LogP contribution in [0.15, 0.2) is 164 Å². The summed E-state index contributed by atoms with van der Waals surface area (Å²) < 4.78 is 53.9. The van der Waals surface area contributed by atoms with Crippen molar-refractivity contribution in [2.24, 2.45) is 11.8 Å². The molecule has 4 atom stereocenters. The van der Waals surface area contributed by atoms with Gasteiger partial charge >= 0.3 is 17.9 Å². The summed E-state index contributed by atoms with van der Waals surface area (Å²) in [7, 11) is 0. The topological polar surface area (TPSA) is 88.1 Å². The van der Waals surface area contributed by atoms with Gasteiger partial charge in [0.25, 0.3) is 5.92 Å². The Kier molecular flexibility index (Phi) is 15.2. The Labute approximate surface area is 350 Å². The summed E-state index contributed by atoms with van der Waals surface area (Å²) in [4.78, 5) is 39.6. The van der Waals surface area contributed by atoms with E-state index in [1.807, 2.05) is 97.1 Å². The molecule has 6 rings (SSSR count). The van der Waals surface area contributed by atoms with Gasteiger partial charge in [-0.05, 0) is 97.8 Å². The van der Waals surface area contributed by atoms with Gasteiger partial charge in [0.15, 0.2) is 6.61 Å². The van der Waals surface area contributed by atoms with E-state index in [9.17, 15) is 14.4 Å². The van der Waals surface area contributed by atoms with Crippen molar-refractivity contribution in [1.29, 1.82) is 0 Å². The fourth-order valence-corrected chi connectivity index (χ4v) is 7.25. The lowest BCUT2D eigenvalue weighted by molar-refractivity contribution is -0.147. The fraction of sp³-hybridized carbons (Fsp3) is 0.275. The number of ether oxygens (including phenoxy) is 4. The predicted octanol–water partition coefficient (Wildman–Crippen LogP) is 11.7. The van der Waals surface area contributed by atoms with Crippen LogP contribution in [0.1, 0.15) is 66.7 Å². The summed E-state index contributed by atoms with van der Waals surface area (Å²) in [5.74, 6) is -5.85. The first-order valence-corrected chi connectivity index (χ1v) is 20.4. The van der Waals surface area contributed by atoms with Crippen LogP contribution in [0.5, 0.6) is 5.75 Å². The molecule has 0 amide bonds. The standard InChI is InChI=1S/C51H50F2O7/c1-36(2)58-48(54)23-15-4-3-14-22-44-45(32-33-51(52,53)35-57-43-20-12-7-13-21-43)47(60-50(56)42-30-26-40(27-31-42)38-18-10-6-11-19-38)34-46(44)59-49(55)41-28-24-39(25-29-41)37-16-8-5-9-17-37/h3,5-14,16-21,24-33,36,44-47H,4,15,22-23,34-35H2,1-2H3/t44-,45-,46+,47-/m1/s1. The summed E-state index contributed by atoms with van der Waals surface area (Å²) in [6, 6.07) is 41.9. The Bertz CT molecular complexity index is 2190. The molecule has 1 aliphatic rings. The van der Waals surface area contributed by atoms with Crippen LogP contribution in [0.4, 0.5) is 8.78 Å². The minimum Gasteiger partial charge on any atom is -0.487 e. The molecular weight excluding hydrogens is 763 g/mol. The normalized spacial score (nSPS) is 17.8. The SMILES string of the molecule is CC(C)OC(=O)CCCC=CC[C@@H]1[C@@H](C=CC(F)(F)COc2ccccc2)[C@H](OC(=O)c2ccc(-c3ccccc3)cc2)C[C@@H]1OC(=O)c1ccc(-c2ccccc2)cc1. The second kappa shape index (κ2) is 21.1. The molecule has 1 fully saturated rings. The van der Waals surface area contributed by atoms with Crippen LogP contribution in [0.3, 0.4) is 0 Å². The van der Waals surface area contributed by atoms with Crippen LogP contribution in [0, 0.1) is 11.8 Å². The highest BCUT2D eigenvalue weighted by Gasteiger charge is 2.46. The molecule has 1 saturated carbocycles. The molecule has 0 aliphatic heterocycles. The summed E-state index contributed by atoms with van der Waals surface area (Å²) in [6.07, 6.45) is 5.88.